The summed E-state index contributed by atoms with van der Waals surface area (Å²) in [4.78, 5) is 26.6. The molecule has 0 aliphatic carbocycles. The molecule has 11 heavy (non-hydrogen) atoms. The van der Waals surface area contributed by atoms with Gasteiger partial charge in [0.05, 0.1) is 0 Å². The van der Waals surface area contributed by atoms with Gasteiger partial charge in [-0.15, -0.1) is 0 Å². The van der Waals surface area contributed by atoms with Crippen LogP contribution in [0.4, 0.5) is 0 Å². The quantitative estimate of drug-likeness (QED) is 0.313. The van der Waals surface area contributed by atoms with Crippen LogP contribution in [-0.2, 0) is 0 Å². The van der Waals surface area contributed by atoms with Gasteiger partial charge in [-0.2, -0.15) is 0 Å². The fourth-order valence-corrected chi connectivity index (χ4v) is 2.04. The predicted molar refractivity (Wildman–Crippen MR) is 43.5 cm³/mol. The standard InChI is InChI=1S/C5H16N2O3Si/c6-3-1-5(2-4-7)11(8,9)10/h5,8-10H,1-4,6-7H2. The van der Waals surface area contributed by atoms with Crippen LogP contribution in [0.25, 0.3) is 0 Å². The van der Waals surface area contributed by atoms with E-state index in [9.17, 15) is 0 Å². The molecule has 68 valence electrons. The highest BCUT2D eigenvalue weighted by atomic mass is 28.4. The highest BCUT2D eigenvalue weighted by Crippen LogP contribution is 2.21. The molecule has 0 amide bonds. The van der Waals surface area contributed by atoms with Gasteiger partial charge in [-0.05, 0) is 25.9 Å². The van der Waals surface area contributed by atoms with Gasteiger partial charge in [-0.25, -0.2) is 0 Å². The second-order valence-electron chi connectivity index (χ2n) is 2.54. The number of hydrogen-bond acceptors (Lipinski definition) is 5. The van der Waals surface area contributed by atoms with Crippen LogP contribution in [0.5, 0.6) is 0 Å². The first-order valence-corrected chi connectivity index (χ1v) is 5.51. The first kappa shape index (κ1) is 11.0. The molecule has 0 aromatic rings. The largest absolute Gasteiger partial charge is 0.496 e. The molecule has 0 heterocycles. The van der Waals surface area contributed by atoms with E-state index in [0.717, 1.165) is 0 Å². The van der Waals surface area contributed by atoms with Gasteiger partial charge in [-0.3, -0.25) is 0 Å². The summed E-state index contributed by atoms with van der Waals surface area (Å²) in [5.41, 5.74) is 9.89. The zero-order valence-corrected chi connectivity index (χ0v) is 7.40. The summed E-state index contributed by atoms with van der Waals surface area (Å²) < 4.78 is 0. The van der Waals surface area contributed by atoms with E-state index >= 15 is 0 Å². The summed E-state index contributed by atoms with van der Waals surface area (Å²) in [7, 11) is -3.99. The third-order valence-corrected chi connectivity index (χ3v) is 3.25. The van der Waals surface area contributed by atoms with E-state index in [0.29, 0.717) is 25.9 Å². The molecule has 0 spiro atoms. The van der Waals surface area contributed by atoms with E-state index in [1.165, 1.54) is 0 Å². The third-order valence-electron chi connectivity index (χ3n) is 1.58. The predicted octanol–water partition coefficient (Wildman–Crippen LogP) is -2.03. The van der Waals surface area contributed by atoms with E-state index < -0.39 is 14.3 Å². The molecular formula is C5H16N2O3Si. The van der Waals surface area contributed by atoms with E-state index in [-0.39, 0.29) is 0 Å². The Balaban J connectivity index is 3.88. The Kier molecular flexibility index (Phi) is 4.81. The summed E-state index contributed by atoms with van der Waals surface area (Å²) in [5.74, 6) is 0. The van der Waals surface area contributed by atoms with Gasteiger partial charge in [0.1, 0.15) is 0 Å². The molecule has 0 atom stereocenters. The summed E-state index contributed by atoms with van der Waals surface area (Å²) in [6.07, 6.45) is 0.819. The van der Waals surface area contributed by atoms with Crippen LogP contribution in [0.2, 0.25) is 5.54 Å². The molecule has 0 aliphatic rings. The number of rotatable bonds is 5. The smallest absolute Gasteiger partial charge is 0.390 e. The molecule has 7 N–H and O–H groups in total. The normalized spacial score (nSPS) is 12.5. The van der Waals surface area contributed by atoms with Gasteiger partial charge < -0.3 is 25.9 Å². The second-order valence-corrected chi connectivity index (χ2v) is 4.73. The molecule has 0 aromatic heterocycles. The average Bonchev–Trinajstić information content (AvgIpc) is 1.85. The van der Waals surface area contributed by atoms with Gasteiger partial charge in [0.2, 0.25) is 0 Å². The van der Waals surface area contributed by atoms with Crippen molar-refractivity contribution in [3.63, 3.8) is 0 Å². The van der Waals surface area contributed by atoms with Crippen LogP contribution in [-0.4, -0.2) is 36.3 Å². The molecule has 6 heteroatoms. The molecule has 0 aliphatic heterocycles. The van der Waals surface area contributed by atoms with Crippen LogP contribution in [0.15, 0.2) is 0 Å². The van der Waals surface area contributed by atoms with E-state index in [1.54, 1.807) is 0 Å². The first-order chi connectivity index (χ1) is 5.02. The first-order valence-electron chi connectivity index (χ1n) is 3.59. The van der Waals surface area contributed by atoms with Crippen molar-refractivity contribution in [3.8, 4) is 0 Å². The Hall–Kier alpha value is 0.0169. The van der Waals surface area contributed by atoms with Gasteiger partial charge in [-0.1, -0.05) is 0 Å². The number of hydrogen-bond donors (Lipinski definition) is 5. The maximum atomic E-state index is 8.88. The zero-order chi connectivity index (χ0) is 8.91. The molecule has 0 bridgehead atoms. The fourth-order valence-electron chi connectivity index (χ4n) is 0.934. The zero-order valence-electron chi connectivity index (χ0n) is 6.40. The van der Waals surface area contributed by atoms with Crippen LogP contribution in [0.1, 0.15) is 12.8 Å². The van der Waals surface area contributed by atoms with E-state index in [4.69, 9.17) is 25.9 Å². The van der Waals surface area contributed by atoms with Gasteiger partial charge >= 0.3 is 8.80 Å². The van der Waals surface area contributed by atoms with Crippen molar-refractivity contribution < 1.29 is 14.4 Å². The topological polar surface area (TPSA) is 113 Å². The van der Waals surface area contributed by atoms with Crippen molar-refractivity contribution in [3.05, 3.63) is 0 Å². The van der Waals surface area contributed by atoms with Crippen molar-refractivity contribution in [2.75, 3.05) is 13.1 Å². The van der Waals surface area contributed by atoms with Gasteiger partial charge in [0.15, 0.2) is 0 Å². The lowest BCUT2D eigenvalue weighted by Gasteiger charge is -2.20. The van der Waals surface area contributed by atoms with Crippen molar-refractivity contribution in [1.82, 2.24) is 0 Å². The lowest BCUT2D eigenvalue weighted by molar-refractivity contribution is 0.205. The summed E-state index contributed by atoms with van der Waals surface area (Å²) in [6, 6.07) is 0. The summed E-state index contributed by atoms with van der Waals surface area (Å²) in [6.45, 7) is 0.669. The molecule has 0 saturated carbocycles. The van der Waals surface area contributed by atoms with Crippen molar-refractivity contribution in [2.24, 2.45) is 11.5 Å². The second kappa shape index (κ2) is 4.81. The molecule has 0 fully saturated rings. The SMILES string of the molecule is NCCC(CCN)[Si](O)(O)O. The van der Waals surface area contributed by atoms with Crippen molar-refractivity contribution in [1.29, 1.82) is 0 Å². The Labute approximate surface area is 67.0 Å². The summed E-state index contributed by atoms with van der Waals surface area (Å²) in [5, 5.41) is 0. The molecule has 0 saturated heterocycles. The van der Waals surface area contributed by atoms with Crippen molar-refractivity contribution in [2.45, 2.75) is 18.4 Å². The Morgan fingerprint density at radius 1 is 1.00 bits per heavy atom. The Morgan fingerprint density at radius 2 is 1.36 bits per heavy atom. The summed E-state index contributed by atoms with van der Waals surface area (Å²) >= 11 is 0. The van der Waals surface area contributed by atoms with Crippen LogP contribution in [0.3, 0.4) is 0 Å². The monoisotopic (exact) mass is 180 g/mol. The maximum Gasteiger partial charge on any atom is 0.496 e. The maximum absolute atomic E-state index is 8.88. The van der Waals surface area contributed by atoms with E-state index in [1.807, 2.05) is 0 Å². The van der Waals surface area contributed by atoms with Crippen LogP contribution < -0.4 is 11.5 Å². The molecule has 0 unspecified atom stereocenters. The Bertz CT molecular complexity index is 100. The van der Waals surface area contributed by atoms with E-state index in [2.05, 4.69) is 0 Å². The van der Waals surface area contributed by atoms with Crippen LogP contribution in [0, 0.1) is 0 Å². The Morgan fingerprint density at radius 3 is 1.55 bits per heavy atom. The molecular weight excluding hydrogens is 164 g/mol. The minimum absolute atomic E-state index is 0.334. The average molecular weight is 180 g/mol. The van der Waals surface area contributed by atoms with Gasteiger partial charge in [0, 0.05) is 5.54 Å². The lowest BCUT2D eigenvalue weighted by atomic mass is 10.2. The van der Waals surface area contributed by atoms with Crippen molar-refractivity contribution >= 4 is 8.80 Å². The highest BCUT2D eigenvalue weighted by molar-refractivity contribution is 6.57. The molecule has 0 aromatic carbocycles. The third kappa shape index (κ3) is 4.46. The molecule has 0 rings (SSSR count). The van der Waals surface area contributed by atoms with Crippen LogP contribution >= 0.6 is 0 Å². The highest BCUT2D eigenvalue weighted by Gasteiger charge is 2.37. The molecule has 5 nitrogen and oxygen atoms in total. The lowest BCUT2D eigenvalue weighted by Crippen LogP contribution is -2.42. The minimum atomic E-state index is -3.99. The molecule has 0 radical (unpaired) electrons. The fraction of sp³-hybridized carbons (Fsp3) is 1.00. The number of nitrogens with two attached hydrogens (primary N) is 2. The van der Waals surface area contributed by atoms with Gasteiger partial charge in [0.25, 0.3) is 0 Å². The minimum Gasteiger partial charge on any atom is -0.390 e.